The van der Waals surface area contributed by atoms with Crippen molar-refractivity contribution in [2.75, 3.05) is 24.8 Å². The predicted molar refractivity (Wildman–Crippen MR) is 94.7 cm³/mol. The Bertz CT molecular complexity index is 930. The van der Waals surface area contributed by atoms with Crippen molar-refractivity contribution >= 4 is 21.6 Å². The van der Waals surface area contributed by atoms with Gasteiger partial charge in [-0.2, -0.15) is 0 Å². The molecule has 0 aliphatic carbocycles. The summed E-state index contributed by atoms with van der Waals surface area (Å²) < 4.78 is 37.8. The Hall–Kier alpha value is -2.58. The molecule has 2 heterocycles. The minimum Gasteiger partial charge on any atom is -0.454 e. The van der Waals surface area contributed by atoms with Gasteiger partial charge in [0, 0.05) is 31.3 Å². The lowest BCUT2D eigenvalue weighted by Gasteiger charge is -2.17. The molecule has 1 amide bonds. The first kappa shape index (κ1) is 16.9. The molecule has 7 nitrogen and oxygen atoms in total. The number of benzene rings is 2. The van der Waals surface area contributed by atoms with E-state index in [-0.39, 0.29) is 30.1 Å². The van der Waals surface area contributed by atoms with Crippen LogP contribution in [0.25, 0.3) is 0 Å². The number of amides is 1. The van der Waals surface area contributed by atoms with Crippen LogP contribution in [-0.2, 0) is 14.8 Å². The molecule has 0 bridgehead atoms. The number of sulfonamides is 1. The van der Waals surface area contributed by atoms with Gasteiger partial charge in [0.05, 0.1) is 4.90 Å². The van der Waals surface area contributed by atoms with E-state index >= 15 is 0 Å². The average molecular weight is 374 g/mol. The van der Waals surface area contributed by atoms with E-state index in [2.05, 4.69) is 4.72 Å². The van der Waals surface area contributed by atoms with Gasteiger partial charge in [0.15, 0.2) is 11.5 Å². The second-order valence-corrected chi connectivity index (χ2v) is 8.04. The molecule has 26 heavy (non-hydrogen) atoms. The number of carbonyl (C=O) groups is 1. The fourth-order valence-corrected chi connectivity index (χ4v) is 4.27. The largest absolute Gasteiger partial charge is 0.454 e. The summed E-state index contributed by atoms with van der Waals surface area (Å²) in [5.41, 5.74) is 0.729. The van der Waals surface area contributed by atoms with Crippen LogP contribution in [0.3, 0.4) is 0 Å². The number of hydrogen-bond donors (Lipinski definition) is 1. The Morgan fingerprint density at radius 2 is 1.85 bits per heavy atom. The number of nitrogens with zero attached hydrogens (tertiary/aromatic N) is 1. The zero-order valence-electron chi connectivity index (χ0n) is 13.9. The summed E-state index contributed by atoms with van der Waals surface area (Å²) in [6.45, 7) is 0.844. The molecular weight excluding hydrogens is 356 g/mol. The number of hydrogen-bond acceptors (Lipinski definition) is 5. The van der Waals surface area contributed by atoms with Crippen molar-refractivity contribution in [3.05, 3.63) is 48.5 Å². The number of fused-ring (bicyclic) bond motifs is 1. The van der Waals surface area contributed by atoms with Crippen molar-refractivity contribution in [3.8, 4) is 11.5 Å². The van der Waals surface area contributed by atoms with Crippen LogP contribution in [0.4, 0.5) is 5.69 Å². The van der Waals surface area contributed by atoms with Crippen LogP contribution in [0, 0.1) is 5.92 Å². The third kappa shape index (κ3) is 3.25. The molecule has 1 saturated heterocycles. The van der Waals surface area contributed by atoms with E-state index in [1.165, 1.54) is 0 Å². The fourth-order valence-electron chi connectivity index (χ4n) is 3.13. The van der Waals surface area contributed by atoms with Crippen molar-refractivity contribution in [1.82, 2.24) is 4.72 Å². The van der Waals surface area contributed by atoms with Gasteiger partial charge in [-0.25, -0.2) is 13.1 Å². The number of nitrogens with one attached hydrogen (secondary N) is 1. The van der Waals surface area contributed by atoms with Gasteiger partial charge in [0.25, 0.3) is 0 Å². The normalized spacial score (nSPS) is 19.2. The number of anilines is 1. The number of rotatable bonds is 5. The molecule has 1 N–H and O–H groups in total. The van der Waals surface area contributed by atoms with Crippen LogP contribution in [0.1, 0.15) is 6.42 Å². The van der Waals surface area contributed by atoms with Crippen molar-refractivity contribution in [2.24, 2.45) is 5.92 Å². The second kappa shape index (κ2) is 6.62. The second-order valence-electron chi connectivity index (χ2n) is 6.28. The molecule has 0 saturated carbocycles. The predicted octanol–water partition coefficient (Wildman–Crippen LogP) is 1.75. The topological polar surface area (TPSA) is 84.9 Å². The molecular formula is C18H18N2O5S. The van der Waals surface area contributed by atoms with Crippen LogP contribution in [0.15, 0.2) is 53.4 Å². The quantitative estimate of drug-likeness (QED) is 0.862. The van der Waals surface area contributed by atoms with Gasteiger partial charge in [0.2, 0.25) is 22.7 Å². The van der Waals surface area contributed by atoms with Gasteiger partial charge >= 0.3 is 0 Å². The summed E-state index contributed by atoms with van der Waals surface area (Å²) in [4.78, 5) is 14.2. The number of ether oxygens (including phenoxy) is 2. The highest BCUT2D eigenvalue weighted by molar-refractivity contribution is 7.89. The average Bonchev–Trinajstić information content (AvgIpc) is 3.26. The van der Waals surface area contributed by atoms with Crippen molar-refractivity contribution in [2.45, 2.75) is 11.3 Å². The fraction of sp³-hybridized carbons (Fsp3) is 0.278. The molecule has 0 radical (unpaired) electrons. The zero-order valence-corrected chi connectivity index (χ0v) is 14.7. The summed E-state index contributed by atoms with van der Waals surface area (Å²) in [6.07, 6.45) is 0.297. The molecule has 0 unspecified atom stereocenters. The molecule has 1 fully saturated rings. The summed E-state index contributed by atoms with van der Waals surface area (Å²) in [6, 6.07) is 13.6. The molecule has 8 heteroatoms. The van der Waals surface area contributed by atoms with Gasteiger partial charge in [-0.15, -0.1) is 0 Å². The Kier molecular flexibility index (Phi) is 4.29. The van der Waals surface area contributed by atoms with E-state index in [0.717, 1.165) is 5.69 Å². The molecule has 2 aliphatic heterocycles. The summed E-state index contributed by atoms with van der Waals surface area (Å²) in [7, 11) is -3.57. The van der Waals surface area contributed by atoms with E-state index in [4.69, 9.17) is 9.47 Å². The summed E-state index contributed by atoms with van der Waals surface area (Å²) >= 11 is 0. The van der Waals surface area contributed by atoms with Gasteiger partial charge < -0.3 is 14.4 Å². The van der Waals surface area contributed by atoms with E-state index < -0.39 is 10.0 Å². The first-order chi connectivity index (χ1) is 12.5. The maximum absolute atomic E-state index is 12.4. The van der Waals surface area contributed by atoms with Gasteiger partial charge in [-0.3, -0.25) is 4.79 Å². The number of carbonyl (C=O) groups excluding carboxylic acids is 1. The Morgan fingerprint density at radius 1 is 1.08 bits per heavy atom. The molecule has 2 aromatic carbocycles. The van der Waals surface area contributed by atoms with Gasteiger partial charge in [-0.1, -0.05) is 18.2 Å². The molecule has 2 aliphatic rings. The van der Waals surface area contributed by atoms with Crippen LogP contribution in [0.5, 0.6) is 11.5 Å². The maximum Gasteiger partial charge on any atom is 0.240 e. The highest BCUT2D eigenvalue weighted by Gasteiger charge is 2.32. The smallest absolute Gasteiger partial charge is 0.240 e. The zero-order chi connectivity index (χ0) is 18.1. The van der Waals surface area contributed by atoms with E-state index in [1.807, 2.05) is 6.07 Å². The minimum absolute atomic E-state index is 0.0345. The van der Waals surface area contributed by atoms with Crippen molar-refractivity contribution in [3.63, 3.8) is 0 Å². The van der Waals surface area contributed by atoms with Gasteiger partial charge in [0.1, 0.15) is 0 Å². The van der Waals surface area contributed by atoms with Crippen LogP contribution >= 0.6 is 0 Å². The monoisotopic (exact) mass is 374 g/mol. The standard InChI is InChI=1S/C18H18N2O5S/c21-18-8-13(10-19-26(22,23)15-4-2-1-3-5-15)11-20(18)14-6-7-16-17(9-14)25-12-24-16/h1-7,9,13,19H,8,10-12H2/t13-/m1/s1. The van der Waals surface area contributed by atoms with Gasteiger partial charge in [-0.05, 0) is 30.2 Å². The Balaban J connectivity index is 1.42. The molecule has 0 aromatic heterocycles. The first-order valence-corrected chi connectivity index (χ1v) is 9.76. The Labute approximate surface area is 151 Å². The lowest BCUT2D eigenvalue weighted by molar-refractivity contribution is -0.117. The van der Waals surface area contributed by atoms with Crippen molar-refractivity contribution in [1.29, 1.82) is 0 Å². The third-order valence-electron chi connectivity index (χ3n) is 4.49. The highest BCUT2D eigenvalue weighted by Crippen LogP contribution is 2.37. The van der Waals surface area contributed by atoms with Crippen LogP contribution < -0.4 is 19.1 Å². The molecule has 0 spiro atoms. The van der Waals surface area contributed by atoms with Crippen molar-refractivity contribution < 1.29 is 22.7 Å². The highest BCUT2D eigenvalue weighted by atomic mass is 32.2. The maximum atomic E-state index is 12.4. The lowest BCUT2D eigenvalue weighted by atomic mass is 10.1. The SMILES string of the molecule is O=C1C[C@H](CNS(=O)(=O)c2ccccc2)CN1c1ccc2c(c1)OCO2. The minimum atomic E-state index is -3.57. The van der Waals surface area contributed by atoms with E-state index in [9.17, 15) is 13.2 Å². The summed E-state index contributed by atoms with van der Waals surface area (Å²) in [5, 5.41) is 0. The Morgan fingerprint density at radius 3 is 2.65 bits per heavy atom. The summed E-state index contributed by atoms with van der Waals surface area (Å²) in [5.74, 6) is 1.15. The van der Waals surface area contributed by atoms with E-state index in [0.29, 0.717) is 24.5 Å². The first-order valence-electron chi connectivity index (χ1n) is 8.28. The lowest BCUT2D eigenvalue weighted by Crippen LogP contribution is -2.31. The third-order valence-corrected chi connectivity index (χ3v) is 5.93. The molecule has 1 atom stereocenters. The van der Waals surface area contributed by atoms with E-state index in [1.54, 1.807) is 47.4 Å². The molecule has 4 rings (SSSR count). The van der Waals surface area contributed by atoms with Crippen LogP contribution in [-0.4, -0.2) is 34.2 Å². The molecule has 2 aromatic rings. The van der Waals surface area contributed by atoms with Crippen LogP contribution in [0.2, 0.25) is 0 Å². The molecule has 136 valence electrons.